The minimum Gasteiger partial charge on any atom is -0.464 e. The lowest BCUT2D eigenvalue weighted by Gasteiger charge is -2.10. The molecule has 0 radical (unpaired) electrons. The van der Waals surface area contributed by atoms with Crippen LogP contribution in [-0.4, -0.2) is 14.9 Å². The third-order valence-electron chi connectivity index (χ3n) is 3.85. The van der Waals surface area contributed by atoms with Crippen LogP contribution in [0.4, 0.5) is 0 Å². The highest BCUT2D eigenvalue weighted by Crippen LogP contribution is 2.28. The molecule has 0 saturated heterocycles. The summed E-state index contributed by atoms with van der Waals surface area (Å²) in [5, 5.41) is 16.1. The molecule has 1 N–H and O–H groups in total. The molecule has 2 aromatic heterocycles. The van der Waals surface area contributed by atoms with Crippen molar-refractivity contribution in [2.45, 2.75) is 39.3 Å². The molecule has 0 bridgehead atoms. The molecule has 0 aliphatic heterocycles. The maximum atomic E-state index is 10.6. The first kappa shape index (κ1) is 13.9. The standard InChI is InChI=1S/C17H20N2O2/c1-3-12-9-13(19(4-2)18-12)10-16(20)15-11-21-17-8-6-5-7-14(15)17/h5-9,11,16,20H,3-4,10H2,1-2H3. The topological polar surface area (TPSA) is 51.2 Å². The van der Waals surface area contributed by atoms with Gasteiger partial charge < -0.3 is 9.52 Å². The van der Waals surface area contributed by atoms with E-state index >= 15 is 0 Å². The van der Waals surface area contributed by atoms with Crippen LogP contribution in [0.3, 0.4) is 0 Å². The predicted octanol–water partition coefficient (Wildman–Crippen LogP) is 3.49. The lowest BCUT2D eigenvalue weighted by molar-refractivity contribution is 0.176. The molecule has 2 heterocycles. The first-order chi connectivity index (χ1) is 10.2. The molecule has 0 aliphatic rings. The molecule has 110 valence electrons. The molecule has 4 heteroatoms. The molecule has 3 rings (SSSR count). The van der Waals surface area contributed by atoms with Crippen LogP contribution < -0.4 is 0 Å². The van der Waals surface area contributed by atoms with Crippen molar-refractivity contribution in [3.63, 3.8) is 0 Å². The summed E-state index contributed by atoms with van der Waals surface area (Å²) in [6.45, 7) is 4.97. The SMILES string of the molecule is CCc1cc(CC(O)c2coc3ccccc23)n(CC)n1. The van der Waals surface area contributed by atoms with Gasteiger partial charge in [-0.2, -0.15) is 5.10 Å². The van der Waals surface area contributed by atoms with Crippen molar-refractivity contribution in [2.75, 3.05) is 0 Å². The smallest absolute Gasteiger partial charge is 0.134 e. The second-order valence-electron chi connectivity index (χ2n) is 5.20. The molecule has 0 fully saturated rings. The average Bonchev–Trinajstić information content (AvgIpc) is 3.10. The highest BCUT2D eigenvalue weighted by Gasteiger charge is 2.17. The van der Waals surface area contributed by atoms with Gasteiger partial charge in [-0.1, -0.05) is 25.1 Å². The van der Waals surface area contributed by atoms with Gasteiger partial charge in [-0.3, -0.25) is 4.68 Å². The molecule has 1 aromatic carbocycles. The van der Waals surface area contributed by atoms with Crippen LogP contribution in [0.25, 0.3) is 11.0 Å². The molecule has 3 aromatic rings. The lowest BCUT2D eigenvalue weighted by Crippen LogP contribution is -2.08. The monoisotopic (exact) mass is 284 g/mol. The van der Waals surface area contributed by atoms with Crippen molar-refractivity contribution in [2.24, 2.45) is 0 Å². The summed E-state index contributed by atoms with van der Waals surface area (Å²) in [6.07, 6.45) is 2.53. The number of furan rings is 1. The van der Waals surface area contributed by atoms with Crippen LogP contribution in [0.1, 0.15) is 36.9 Å². The number of aryl methyl sites for hydroxylation is 2. The molecule has 0 amide bonds. The summed E-state index contributed by atoms with van der Waals surface area (Å²) in [4.78, 5) is 0. The molecule has 4 nitrogen and oxygen atoms in total. The second-order valence-corrected chi connectivity index (χ2v) is 5.20. The lowest BCUT2D eigenvalue weighted by atomic mass is 10.0. The van der Waals surface area contributed by atoms with Crippen molar-refractivity contribution >= 4 is 11.0 Å². The highest BCUT2D eigenvalue weighted by atomic mass is 16.3. The van der Waals surface area contributed by atoms with E-state index < -0.39 is 6.10 Å². The fourth-order valence-corrected chi connectivity index (χ4v) is 2.69. The van der Waals surface area contributed by atoms with Gasteiger partial charge in [0.05, 0.1) is 18.1 Å². The van der Waals surface area contributed by atoms with E-state index in [-0.39, 0.29) is 0 Å². The largest absolute Gasteiger partial charge is 0.464 e. The third-order valence-corrected chi connectivity index (χ3v) is 3.85. The van der Waals surface area contributed by atoms with E-state index in [0.717, 1.165) is 40.9 Å². The predicted molar refractivity (Wildman–Crippen MR) is 82.2 cm³/mol. The summed E-state index contributed by atoms with van der Waals surface area (Å²) in [7, 11) is 0. The van der Waals surface area contributed by atoms with E-state index in [1.165, 1.54) is 0 Å². The van der Waals surface area contributed by atoms with Gasteiger partial charge in [0.1, 0.15) is 5.58 Å². The molecular formula is C17H20N2O2. The van der Waals surface area contributed by atoms with Gasteiger partial charge in [-0.15, -0.1) is 0 Å². The highest BCUT2D eigenvalue weighted by molar-refractivity contribution is 5.81. The van der Waals surface area contributed by atoms with Crippen molar-refractivity contribution in [1.82, 2.24) is 9.78 Å². The number of aliphatic hydroxyl groups is 1. The van der Waals surface area contributed by atoms with Gasteiger partial charge in [0, 0.05) is 29.6 Å². The Morgan fingerprint density at radius 3 is 2.86 bits per heavy atom. The Labute approximate surface area is 124 Å². The minimum atomic E-state index is -0.583. The van der Waals surface area contributed by atoms with Crippen LogP contribution >= 0.6 is 0 Å². The first-order valence-electron chi connectivity index (χ1n) is 7.42. The number of benzene rings is 1. The second kappa shape index (κ2) is 5.74. The van der Waals surface area contributed by atoms with E-state index in [2.05, 4.69) is 25.0 Å². The van der Waals surface area contributed by atoms with Crippen molar-refractivity contribution in [3.05, 3.63) is 53.5 Å². The molecule has 1 atom stereocenters. The zero-order valence-electron chi connectivity index (χ0n) is 12.4. The molecule has 0 saturated carbocycles. The molecule has 1 unspecified atom stereocenters. The number of nitrogens with zero attached hydrogens (tertiary/aromatic N) is 2. The van der Waals surface area contributed by atoms with Gasteiger partial charge in [-0.05, 0) is 25.5 Å². The maximum Gasteiger partial charge on any atom is 0.134 e. The number of fused-ring (bicyclic) bond motifs is 1. The summed E-state index contributed by atoms with van der Waals surface area (Å²) in [6, 6.07) is 9.86. The number of hydrogen-bond acceptors (Lipinski definition) is 3. The van der Waals surface area contributed by atoms with Crippen LogP contribution in [0.5, 0.6) is 0 Å². The molecular weight excluding hydrogens is 264 g/mol. The Morgan fingerprint density at radius 1 is 1.29 bits per heavy atom. The van der Waals surface area contributed by atoms with E-state index in [4.69, 9.17) is 4.42 Å². The summed E-state index contributed by atoms with van der Waals surface area (Å²) in [5.74, 6) is 0. The van der Waals surface area contributed by atoms with Gasteiger partial charge in [0.15, 0.2) is 0 Å². The van der Waals surface area contributed by atoms with Crippen LogP contribution in [-0.2, 0) is 19.4 Å². The fraction of sp³-hybridized carbons (Fsp3) is 0.353. The number of aliphatic hydroxyl groups excluding tert-OH is 1. The molecule has 0 aliphatic carbocycles. The summed E-state index contributed by atoms with van der Waals surface area (Å²) in [5.41, 5.74) is 3.78. The number of para-hydroxylation sites is 1. The van der Waals surface area contributed by atoms with Crippen molar-refractivity contribution < 1.29 is 9.52 Å². The Balaban J connectivity index is 1.89. The number of rotatable bonds is 5. The Bertz CT molecular complexity index is 742. The maximum absolute atomic E-state index is 10.6. The first-order valence-corrected chi connectivity index (χ1v) is 7.42. The minimum absolute atomic E-state index is 0.546. The van der Waals surface area contributed by atoms with E-state index in [1.54, 1.807) is 6.26 Å². The van der Waals surface area contributed by atoms with Gasteiger partial charge in [0.2, 0.25) is 0 Å². The summed E-state index contributed by atoms with van der Waals surface area (Å²) >= 11 is 0. The fourth-order valence-electron chi connectivity index (χ4n) is 2.69. The van der Waals surface area contributed by atoms with Crippen LogP contribution in [0, 0.1) is 0 Å². The zero-order valence-corrected chi connectivity index (χ0v) is 12.4. The van der Waals surface area contributed by atoms with E-state index in [9.17, 15) is 5.11 Å². The van der Waals surface area contributed by atoms with Crippen molar-refractivity contribution in [1.29, 1.82) is 0 Å². The van der Waals surface area contributed by atoms with E-state index in [1.807, 2.05) is 28.9 Å². The third kappa shape index (κ3) is 2.59. The Kier molecular flexibility index (Phi) is 3.80. The Hall–Kier alpha value is -2.07. The van der Waals surface area contributed by atoms with Gasteiger partial charge >= 0.3 is 0 Å². The van der Waals surface area contributed by atoms with Crippen LogP contribution in [0.2, 0.25) is 0 Å². The zero-order chi connectivity index (χ0) is 14.8. The molecule has 21 heavy (non-hydrogen) atoms. The van der Waals surface area contributed by atoms with Crippen molar-refractivity contribution in [3.8, 4) is 0 Å². The number of aromatic nitrogens is 2. The van der Waals surface area contributed by atoms with Gasteiger partial charge in [-0.25, -0.2) is 0 Å². The average molecular weight is 284 g/mol. The van der Waals surface area contributed by atoms with Crippen LogP contribution in [0.15, 0.2) is 41.0 Å². The number of hydrogen-bond donors (Lipinski definition) is 1. The van der Waals surface area contributed by atoms with E-state index in [0.29, 0.717) is 6.42 Å². The Morgan fingerprint density at radius 2 is 2.10 bits per heavy atom. The quantitative estimate of drug-likeness (QED) is 0.780. The summed E-state index contributed by atoms with van der Waals surface area (Å²) < 4.78 is 7.47. The molecule has 0 spiro atoms. The van der Waals surface area contributed by atoms with Gasteiger partial charge in [0.25, 0.3) is 0 Å². The normalized spacial score (nSPS) is 12.9.